The van der Waals surface area contributed by atoms with Crippen LogP contribution in [0.2, 0.25) is 0 Å². The maximum atomic E-state index is 12.2. The summed E-state index contributed by atoms with van der Waals surface area (Å²) in [6.07, 6.45) is 6.88. The third-order valence-electron chi connectivity index (χ3n) is 4.03. The molecule has 0 saturated heterocycles. The maximum Gasteiger partial charge on any atom is 0.193 e. The molecular weight excluding hydrogens is 282 g/mol. The molecule has 21 heavy (non-hydrogen) atoms. The van der Waals surface area contributed by atoms with Crippen LogP contribution in [0.25, 0.3) is 4.96 Å². The molecule has 2 rings (SSSR count). The molecule has 2 N–H and O–H groups in total. The molecule has 116 valence electrons. The Morgan fingerprint density at radius 1 is 1.43 bits per heavy atom. The predicted molar refractivity (Wildman–Crippen MR) is 87.6 cm³/mol. The molecule has 0 aromatic carbocycles. The molecule has 5 heteroatoms. The van der Waals surface area contributed by atoms with Gasteiger partial charge in [-0.25, -0.2) is 4.98 Å². The van der Waals surface area contributed by atoms with Gasteiger partial charge < -0.3 is 5.73 Å². The van der Waals surface area contributed by atoms with Crippen molar-refractivity contribution in [2.45, 2.75) is 46.5 Å². The van der Waals surface area contributed by atoms with Crippen molar-refractivity contribution in [1.29, 1.82) is 0 Å². The first kappa shape index (κ1) is 16.2. The average Bonchev–Trinajstić information content (AvgIpc) is 2.93. The number of carbonyl (C=O) groups excluding carboxylic acids is 1. The van der Waals surface area contributed by atoms with Gasteiger partial charge in [-0.1, -0.05) is 20.8 Å². The second-order valence-electron chi connectivity index (χ2n) is 6.72. The lowest BCUT2D eigenvalue weighted by Gasteiger charge is -2.30. The number of nitrogens with zero attached hydrogens (tertiary/aromatic N) is 2. The fourth-order valence-electron chi connectivity index (χ4n) is 2.70. The Morgan fingerprint density at radius 3 is 2.81 bits per heavy atom. The monoisotopic (exact) mass is 307 g/mol. The standard InChI is InChI=1S/C16H25N3OS/c1-16(2,3)12(6-7-17)4-5-14(20)10-13-11-19-8-9-21-15(19)18-13/h8-9,11-12H,4-7,10,17H2,1-3H3. The number of nitrogens with two attached hydrogens (primary N) is 1. The molecule has 0 aliphatic heterocycles. The second kappa shape index (κ2) is 6.71. The Kier molecular flexibility index (Phi) is 5.17. The molecule has 2 aromatic rings. The van der Waals surface area contributed by atoms with Crippen LogP contribution >= 0.6 is 11.3 Å². The van der Waals surface area contributed by atoms with E-state index in [1.54, 1.807) is 11.3 Å². The van der Waals surface area contributed by atoms with Gasteiger partial charge in [0.1, 0.15) is 5.78 Å². The van der Waals surface area contributed by atoms with Gasteiger partial charge in [-0.2, -0.15) is 0 Å². The summed E-state index contributed by atoms with van der Waals surface area (Å²) in [5, 5.41) is 1.99. The van der Waals surface area contributed by atoms with E-state index in [0.717, 1.165) is 23.5 Å². The van der Waals surface area contributed by atoms with Crippen LogP contribution in [0, 0.1) is 11.3 Å². The zero-order valence-electron chi connectivity index (χ0n) is 13.1. The molecule has 0 saturated carbocycles. The van der Waals surface area contributed by atoms with Gasteiger partial charge in [0.2, 0.25) is 0 Å². The highest BCUT2D eigenvalue weighted by molar-refractivity contribution is 7.15. The van der Waals surface area contributed by atoms with Crippen molar-refractivity contribution in [3.05, 3.63) is 23.5 Å². The lowest BCUT2D eigenvalue weighted by molar-refractivity contribution is -0.118. The van der Waals surface area contributed by atoms with E-state index in [4.69, 9.17) is 5.73 Å². The van der Waals surface area contributed by atoms with Gasteiger partial charge in [0.25, 0.3) is 0 Å². The maximum absolute atomic E-state index is 12.2. The Morgan fingerprint density at radius 2 is 2.19 bits per heavy atom. The highest BCUT2D eigenvalue weighted by Gasteiger charge is 2.24. The molecule has 0 spiro atoms. The molecule has 0 aliphatic rings. The topological polar surface area (TPSA) is 60.4 Å². The number of hydrogen-bond acceptors (Lipinski definition) is 4. The number of carbonyl (C=O) groups is 1. The number of Topliss-reactive ketones (excluding diaryl/α,β-unsaturated/α-hetero) is 1. The number of hydrogen-bond donors (Lipinski definition) is 1. The largest absolute Gasteiger partial charge is 0.330 e. The summed E-state index contributed by atoms with van der Waals surface area (Å²) in [5.74, 6) is 0.768. The Bertz CT molecular complexity index is 565. The van der Waals surface area contributed by atoms with E-state index in [2.05, 4.69) is 25.8 Å². The molecule has 2 aromatic heterocycles. The van der Waals surface area contributed by atoms with Crippen molar-refractivity contribution in [2.24, 2.45) is 17.1 Å². The molecule has 2 heterocycles. The fraction of sp³-hybridized carbons (Fsp3) is 0.625. The smallest absolute Gasteiger partial charge is 0.193 e. The van der Waals surface area contributed by atoms with Crippen molar-refractivity contribution in [2.75, 3.05) is 6.54 Å². The fourth-order valence-corrected chi connectivity index (χ4v) is 3.42. The lowest BCUT2D eigenvalue weighted by atomic mass is 9.76. The minimum absolute atomic E-state index is 0.205. The zero-order chi connectivity index (χ0) is 15.5. The van der Waals surface area contributed by atoms with Crippen molar-refractivity contribution in [3.63, 3.8) is 0 Å². The van der Waals surface area contributed by atoms with E-state index in [9.17, 15) is 4.79 Å². The third-order valence-corrected chi connectivity index (χ3v) is 4.80. The van der Waals surface area contributed by atoms with Crippen molar-refractivity contribution >= 4 is 22.1 Å². The molecule has 0 radical (unpaired) electrons. The summed E-state index contributed by atoms with van der Waals surface area (Å²) < 4.78 is 1.97. The van der Waals surface area contributed by atoms with Crippen LogP contribution in [-0.2, 0) is 11.2 Å². The lowest BCUT2D eigenvalue weighted by Crippen LogP contribution is -2.24. The summed E-state index contributed by atoms with van der Waals surface area (Å²) >= 11 is 1.59. The number of rotatable bonds is 7. The Balaban J connectivity index is 1.87. The first-order chi connectivity index (χ1) is 9.90. The van der Waals surface area contributed by atoms with E-state index in [-0.39, 0.29) is 11.2 Å². The molecule has 1 atom stereocenters. The highest BCUT2D eigenvalue weighted by atomic mass is 32.1. The zero-order valence-corrected chi connectivity index (χ0v) is 13.9. The van der Waals surface area contributed by atoms with Crippen LogP contribution < -0.4 is 5.73 Å². The first-order valence-corrected chi connectivity index (χ1v) is 8.41. The van der Waals surface area contributed by atoms with Gasteiger partial charge in [0.05, 0.1) is 12.1 Å². The van der Waals surface area contributed by atoms with Gasteiger partial charge in [0, 0.05) is 24.2 Å². The summed E-state index contributed by atoms with van der Waals surface area (Å²) in [7, 11) is 0. The normalized spacial score (nSPS) is 13.7. The van der Waals surface area contributed by atoms with Gasteiger partial charge in [-0.15, -0.1) is 11.3 Å². The van der Waals surface area contributed by atoms with E-state index in [0.29, 0.717) is 25.3 Å². The predicted octanol–water partition coefficient (Wildman–Crippen LogP) is 3.30. The SMILES string of the molecule is CC(C)(C)C(CCN)CCC(=O)Cc1cn2ccsc2n1. The van der Waals surface area contributed by atoms with Gasteiger partial charge in [-0.3, -0.25) is 9.20 Å². The van der Waals surface area contributed by atoms with Crippen LogP contribution in [0.4, 0.5) is 0 Å². The second-order valence-corrected chi connectivity index (χ2v) is 7.59. The summed E-state index contributed by atoms with van der Waals surface area (Å²) in [4.78, 5) is 17.6. The van der Waals surface area contributed by atoms with Crippen LogP contribution in [-0.4, -0.2) is 21.7 Å². The van der Waals surface area contributed by atoms with Crippen molar-refractivity contribution in [1.82, 2.24) is 9.38 Å². The van der Waals surface area contributed by atoms with E-state index >= 15 is 0 Å². The van der Waals surface area contributed by atoms with Gasteiger partial charge in [-0.05, 0) is 30.7 Å². The summed E-state index contributed by atoms with van der Waals surface area (Å²) in [6, 6.07) is 0. The van der Waals surface area contributed by atoms with E-state index in [1.807, 2.05) is 22.2 Å². The quantitative estimate of drug-likeness (QED) is 0.853. The highest BCUT2D eigenvalue weighted by Crippen LogP contribution is 2.32. The molecule has 0 amide bonds. The Hall–Kier alpha value is -1.20. The van der Waals surface area contributed by atoms with E-state index in [1.165, 1.54) is 0 Å². The molecule has 0 bridgehead atoms. The van der Waals surface area contributed by atoms with Gasteiger partial charge >= 0.3 is 0 Å². The number of fused-ring (bicyclic) bond motifs is 1. The first-order valence-electron chi connectivity index (χ1n) is 7.53. The minimum Gasteiger partial charge on any atom is -0.330 e. The van der Waals surface area contributed by atoms with Crippen LogP contribution in [0.1, 0.15) is 45.7 Å². The molecular formula is C16H25N3OS. The number of imidazole rings is 1. The van der Waals surface area contributed by atoms with E-state index < -0.39 is 0 Å². The average molecular weight is 307 g/mol. The number of aromatic nitrogens is 2. The van der Waals surface area contributed by atoms with Gasteiger partial charge in [0.15, 0.2) is 4.96 Å². The molecule has 0 fully saturated rings. The summed E-state index contributed by atoms with van der Waals surface area (Å²) in [5.41, 5.74) is 6.77. The van der Waals surface area contributed by atoms with Crippen LogP contribution in [0.5, 0.6) is 0 Å². The van der Waals surface area contributed by atoms with Crippen LogP contribution in [0.3, 0.4) is 0 Å². The number of thiazole rings is 1. The molecule has 1 unspecified atom stereocenters. The third kappa shape index (κ3) is 4.38. The summed E-state index contributed by atoms with van der Waals surface area (Å²) in [6.45, 7) is 7.36. The minimum atomic E-state index is 0.205. The molecule has 0 aliphatic carbocycles. The number of ketones is 1. The van der Waals surface area contributed by atoms with Crippen molar-refractivity contribution in [3.8, 4) is 0 Å². The van der Waals surface area contributed by atoms with Crippen molar-refractivity contribution < 1.29 is 4.79 Å². The Labute approximate surface area is 130 Å². The van der Waals surface area contributed by atoms with Crippen LogP contribution in [0.15, 0.2) is 17.8 Å². The molecule has 4 nitrogen and oxygen atoms in total.